The number of aliphatic hydroxyl groups excluding tert-OH is 1. The van der Waals surface area contributed by atoms with Gasteiger partial charge in [0.15, 0.2) is 17.1 Å². The van der Waals surface area contributed by atoms with Gasteiger partial charge in [0.05, 0.1) is 24.5 Å². The van der Waals surface area contributed by atoms with E-state index in [1.807, 2.05) is 0 Å². The zero-order chi connectivity index (χ0) is 24.7. The molecule has 5 rings (SSSR count). The van der Waals surface area contributed by atoms with E-state index in [2.05, 4.69) is 11.5 Å². The lowest BCUT2D eigenvalue weighted by molar-refractivity contribution is -0.140. The van der Waals surface area contributed by atoms with E-state index in [4.69, 9.17) is 9.15 Å². The number of morpholine rings is 1. The third-order valence-electron chi connectivity index (χ3n) is 6.84. The smallest absolute Gasteiger partial charge is 0.290 e. The number of carbonyl (C=O) groups is 3. The summed E-state index contributed by atoms with van der Waals surface area (Å²) in [5, 5.41) is 11.1. The number of ether oxygens (including phenoxy) is 1. The van der Waals surface area contributed by atoms with E-state index >= 15 is 0 Å². The van der Waals surface area contributed by atoms with Crippen LogP contribution in [0.3, 0.4) is 0 Å². The second-order valence-electron chi connectivity index (χ2n) is 8.81. The molecule has 1 atom stereocenters. The van der Waals surface area contributed by atoms with Crippen molar-refractivity contribution in [2.24, 2.45) is 0 Å². The molecule has 1 aromatic carbocycles. The lowest BCUT2D eigenvalue weighted by Gasteiger charge is -2.37. The highest BCUT2D eigenvalue weighted by atomic mass is 16.5. The standard InChI is InChI=1S/C26H27N3O6/c1-3-10-28-19-7-5-4-6-18(19)26(25(28)33)21(22(30)20-9-8-17(2)35-20)23(31)24(32)29(26)12-11-27-13-15-34-16-14-27/h3-9,31H,1,10-16H2,2H3/t26-/m0/s1. The molecule has 0 bridgehead atoms. The van der Waals surface area contributed by atoms with Gasteiger partial charge >= 0.3 is 0 Å². The first-order valence-corrected chi connectivity index (χ1v) is 11.6. The van der Waals surface area contributed by atoms with Crippen LogP contribution in [-0.4, -0.2) is 78.4 Å². The van der Waals surface area contributed by atoms with Crippen LogP contribution in [0.5, 0.6) is 0 Å². The number of rotatable bonds is 7. The SMILES string of the molecule is C=CCN1C(=O)[C@@]2(C(C(=O)c3ccc(C)o3)=C(O)C(=O)N2CCN2CCOCC2)c2ccccc21. The average molecular weight is 478 g/mol. The highest BCUT2D eigenvalue weighted by Gasteiger charge is 2.65. The lowest BCUT2D eigenvalue weighted by atomic mass is 9.81. The van der Waals surface area contributed by atoms with E-state index in [0.29, 0.717) is 49.9 Å². The minimum absolute atomic E-state index is 0.0429. The summed E-state index contributed by atoms with van der Waals surface area (Å²) >= 11 is 0. The molecule has 0 aliphatic carbocycles. The highest BCUT2D eigenvalue weighted by molar-refractivity contribution is 6.25. The quantitative estimate of drug-likeness (QED) is 0.482. The molecule has 3 aliphatic rings. The van der Waals surface area contributed by atoms with Crippen LogP contribution in [-0.2, 0) is 19.9 Å². The summed E-state index contributed by atoms with van der Waals surface area (Å²) in [4.78, 5) is 46.4. The molecule has 1 spiro atoms. The highest BCUT2D eigenvalue weighted by Crippen LogP contribution is 2.53. The number of nitrogens with zero attached hydrogens (tertiary/aromatic N) is 3. The molecule has 9 heteroatoms. The number of hydrogen-bond donors (Lipinski definition) is 1. The first kappa shape index (κ1) is 23.1. The Bertz CT molecular complexity index is 1240. The Morgan fingerprint density at radius 3 is 2.57 bits per heavy atom. The van der Waals surface area contributed by atoms with E-state index in [-0.39, 0.29) is 24.4 Å². The Labute approximate surface area is 202 Å². The van der Waals surface area contributed by atoms with Crippen LogP contribution in [0.2, 0.25) is 0 Å². The number of aryl methyl sites for hydroxylation is 1. The number of Topliss-reactive ketones (excluding diaryl/α,β-unsaturated/α-hetero) is 1. The van der Waals surface area contributed by atoms with Gasteiger partial charge in [0.1, 0.15) is 5.76 Å². The summed E-state index contributed by atoms with van der Waals surface area (Å²) in [5.41, 5.74) is -1.04. The van der Waals surface area contributed by atoms with Gasteiger partial charge in [-0.15, -0.1) is 6.58 Å². The summed E-state index contributed by atoms with van der Waals surface area (Å²) < 4.78 is 11.0. The van der Waals surface area contributed by atoms with Gasteiger partial charge in [0.25, 0.3) is 11.8 Å². The molecule has 0 saturated carbocycles. The maximum atomic E-state index is 14.2. The van der Waals surface area contributed by atoms with Crippen molar-refractivity contribution in [3.63, 3.8) is 0 Å². The van der Waals surface area contributed by atoms with Crippen molar-refractivity contribution in [2.45, 2.75) is 12.5 Å². The number of amides is 2. The largest absolute Gasteiger partial charge is 0.503 e. The Morgan fingerprint density at radius 2 is 1.89 bits per heavy atom. The molecule has 1 N–H and O–H groups in total. The number of aliphatic hydroxyl groups is 1. The summed E-state index contributed by atoms with van der Waals surface area (Å²) in [7, 11) is 0. The van der Waals surface area contributed by atoms with Gasteiger partial charge in [-0.2, -0.15) is 0 Å². The fourth-order valence-electron chi connectivity index (χ4n) is 5.23. The monoisotopic (exact) mass is 477 g/mol. The molecule has 2 amide bonds. The summed E-state index contributed by atoms with van der Waals surface area (Å²) in [6.07, 6.45) is 1.59. The minimum atomic E-state index is -1.80. The number of fused-ring (bicyclic) bond motifs is 2. The van der Waals surface area contributed by atoms with Crippen LogP contribution in [0.25, 0.3) is 0 Å². The maximum absolute atomic E-state index is 14.2. The van der Waals surface area contributed by atoms with Gasteiger partial charge < -0.3 is 24.1 Å². The number of para-hydroxylation sites is 1. The van der Waals surface area contributed by atoms with Crippen LogP contribution >= 0.6 is 0 Å². The van der Waals surface area contributed by atoms with Gasteiger partial charge in [0, 0.05) is 38.3 Å². The Hall–Kier alpha value is -3.69. The second kappa shape index (κ2) is 8.83. The molecule has 4 heterocycles. The van der Waals surface area contributed by atoms with E-state index < -0.39 is 28.9 Å². The molecule has 182 valence electrons. The maximum Gasteiger partial charge on any atom is 0.290 e. The fraction of sp³-hybridized carbons (Fsp3) is 0.346. The van der Waals surface area contributed by atoms with Gasteiger partial charge in [-0.05, 0) is 25.1 Å². The van der Waals surface area contributed by atoms with Crippen LogP contribution < -0.4 is 4.90 Å². The molecule has 1 aromatic heterocycles. The van der Waals surface area contributed by atoms with Crippen molar-refractivity contribution >= 4 is 23.3 Å². The van der Waals surface area contributed by atoms with Crippen LogP contribution in [0, 0.1) is 6.92 Å². The van der Waals surface area contributed by atoms with Crippen molar-refractivity contribution in [2.75, 3.05) is 50.8 Å². The third-order valence-corrected chi connectivity index (χ3v) is 6.84. The van der Waals surface area contributed by atoms with Crippen LogP contribution in [0.4, 0.5) is 5.69 Å². The first-order chi connectivity index (χ1) is 16.9. The first-order valence-electron chi connectivity index (χ1n) is 11.6. The van der Waals surface area contributed by atoms with Gasteiger partial charge in [-0.1, -0.05) is 24.3 Å². The minimum Gasteiger partial charge on any atom is -0.503 e. The van der Waals surface area contributed by atoms with E-state index in [1.165, 1.54) is 15.9 Å². The molecule has 1 saturated heterocycles. The predicted molar refractivity (Wildman–Crippen MR) is 127 cm³/mol. The number of anilines is 1. The summed E-state index contributed by atoms with van der Waals surface area (Å²) in [6, 6.07) is 10.1. The van der Waals surface area contributed by atoms with E-state index in [0.717, 1.165) is 0 Å². The normalized spacial score (nSPS) is 22.4. The molecule has 9 nitrogen and oxygen atoms in total. The molecule has 2 aromatic rings. The molecule has 35 heavy (non-hydrogen) atoms. The van der Waals surface area contributed by atoms with E-state index in [1.54, 1.807) is 43.3 Å². The number of furan rings is 1. The molecule has 3 aliphatic heterocycles. The molecule has 0 radical (unpaired) electrons. The summed E-state index contributed by atoms with van der Waals surface area (Å²) in [5.74, 6) is -2.20. The zero-order valence-corrected chi connectivity index (χ0v) is 19.5. The average Bonchev–Trinajstić information content (AvgIpc) is 3.48. The van der Waals surface area contributed by atoms with Crippen LogP contribution in [0.1, 0.15) is 21.9 Å². The third kappa shape index (κ3) is 3.42. The van der Waals surface area contributed by atoms with Crippen molar-refractivity contribution < 1.29 is 28.6 Å². The van der Waals surface area contributed by atoms with Gasteiger partial charge in [-0.25, -0.2) is 0 Å². The lowest BCUT2D eigenvalue weighted by Crippen LogP contribution is -2.56. The van der Waals surface area contributed by atoms with Crippen molar-refractivity contribution in [3.8, 4) is 0 Å². The van der Waals surface area contributed by atoms with Crippen molar-refractivity contribution in [3.05, 3.63) is 77.5 Å². The van der Waals surface area contributed by atoms with Crippen molar-refractivity contribution in [1.29, 1.82) is 0 Å². The Morgan fingerprint density at radius 1 is 1.14 bits per heavy atom. The predicted octanol–water partition coefficient (Wildman–Crippen LogP) is 2.19. The van der Waals surface area contributed by atoms with Crippen LogP contribution in [0.15, 0.2) is 64.8 Å². The van der Waals surface area contributed by atoms with E-state index in [9.17, 15) is 19.5 Å². The molecular formula is C26H27N3O6. The number of carbonyl (C=O) groups excluding carboxylic acids is 3. The summed E-state index contributed by atoms with van der Waals surface area (Å²) in [6.45, 7) is 8.79. The molecule has 0 unspecified atom stereocenters. The Kier molecular flexibility index (Phi) is 5.82. The topological polar surface area (TPSA) is 104 Å². The fourth-order valence-corrected chi connectivity index (χ4v) is 5.23. The van der Waals surface area contributed by atoms with Crippen molar-refractivity contribution in [1.82, 2.24) is 9.80 Å². The van der Waals surface area contributed by atoms with Gasteiger partial charge in [0.2, 0.25) is 5.78 Å². The molecular weight excluding hydrogens is 450 g/mol. The number of benzene rings is 1. The number of ketones is 1. The van der Waals surface area contributed by atoms with Gasteiger partial charge in [-0.3, -0.25) is 19.3 Å². The zero-order valence-electron chi connectivity index (χ0n) is 19.5. The molecule has 1 fully saturated rings. The Balaban J connectivity index is 1.66. The number of hydrogen-bond acceptors (Lipinski definition) is 7. The second-order valence-corrected chi connectivity index (χ2v) is 8.81.